The van der Waals surface area contributed by atoms with Crippen molar-refractivity contribution in [2.24, 2.45) is 0 Å². The zero-order chi connectivity index (χ0) is 13.9. The van der Waals surface area contributed by atoms with Crippen LogP contribution < -0.4 is 0 Å². The van der Waals surface area contributed by atoms with E-state index in [4.69, 9.17) is 4.74 Å². The molecule has 1 aliphatic rings. The fourth-order valence-corrected chi connectivity index (χ4v) is 2.99. The van der Waals surface area contributed by atoms with Crippen LogP contribution in [0.3, 0.4) is 0 Å². The molecule has 1 aromatic rings. The van der Waals surface area contributed by atoms with Crippen molar-refractivity contribution in [2.75, 3.05) is 26.8 Å². The number of aliphatic hydroxyl groups is 1. The first-order chi connectivity index (χ1) is 8.97. The third-order valence-electron chi connectivity index (χ3n) is 3.36. The second-order valence-electron chi connectivity index (χ2n) is 5.29. The highest BCUT2D eigenvalue weighted by Crippen LogP contribution is 2.22. The van der Waals surface area contributed by atoms with E-state index in [2.05, 4.69) is 15.9 Å². The molecule has 0 atom stereocenters. The Morgan fingerprint density at radius 1 is 1.37 bits per heavy atom. The predicted octanol–water partition coefficient (Wildman–Crippen LogP) is 2.56. The van der Waals surface area contributed by atoms with Crippen molar-refractivity contribution in [1.29, 1.82) is 0 Å². The molecule has 0 bridgehead atoms. The normalized spacial score (nSPS) is 18.8. The van der Waals surface area contributed by atoms with Gasteiger partial charge in [0.1, 0.15) is 5.82 Å². The summed E-state index contributed by atoms with van der Waals surface area (Å²) >= 11 is 3.29. The van der Waals surface area contributed by atoms with E-state index >= 15 is 0 Å². The van der Waals surface area contributed by atoms with Gasteiger partial charge >= 0.3 is 0 Å². The van der Waals surface area contributed by atoms with Gasteiger partial charge in [0.15, 0.2) is 0 Å². The number of nitrogens with zero attached hydrogens (tertiary/aromatic N) is 1. The highest BCUT2D eigenvalue weighted by Gasteiger charge is 2.30. The Morgan fingerprint density at radius 2 is 2.05 bits per heavy atom. The number of benzene rings is 1. The van der Waals surface area contributed by atoms with E-state index in [1.165, 1.54) is 12.1 Å². The molecule has 106 valence electrons. The first kappa shape index (κ1) is 14.9. The summed E-state index contributed by atoms with van der Waals surface area (Å²) in [5, 5.41) is 10.4. The van der Waals surface area contributed by atoms with Crippen molar-refractivity contribution in [2.45, 2.75) is 25.0 Å². The molecule has 1 fully saturated rings. The summed E-state index contributed by atoms with van der Waals surface area (Å²) in [4.78, 5) is 2.02. The first-order valence-corrected chi connectivity index (χ1v) is 7.20. The lowest BCUT2D eigenvalue weighted by atomic mass is 9.94. The van der Waals surface area contributed by atoms with E-state index in [1.807, 2.05) is 18.0 Å². The summed E-state index contributed by atoms with van der Waals surface area (Å²) in [6.07, 6.45) is 1.31. The molecule has 5 heteroatoms. The van der Waals surface area contributed by atoms with E-state index < -0.39 is 5.60 Å². The molecule has 0 spiro atoms. The van der Waals surface area contributed by atoms with Crippen LogP contribution in [0, 0.1) is 5.82 Å². The van der Waals surface area contributed by atoms with Crippen LogP contribution in [-0.4, -0.2) is 42.4 Å². The Morgan fingerprint density at radius 3 is 2.68 bits per heavy atom. The first-order valence-electron chi connectivity index (χ1n) is 6.40. The SMILES string of the molecule is CN(Cc1cc(F)cc(Br)c1)CC1(O)CCOCC1. The number of hydrogen-bond acceptors (Lipinski definition) is 3. The summed E-state index contributed by atoms with van der Waals surface area (Å²) in [6, 6.07) is 4.86. The summed E-state index contributed by atoms with van der Waals surface area (Å²) < 4.78 is 19.3. The molecule has 0 aliphatic carbocycles. The molecule has 0 aromatic heterocycles. The Kier molecular flexibility index (Phi) is 4.95. The Balaban J connectivity index is 1.94. The number of ether oxygens (including phenoxy) is 1. The van der Waals surface area contributed by atoms with Gasteiger partial charge in [-0.05, 0) is 30.8 Å². The van der Waals surface area contributed by atoms with Gasteiger partial charge in [-0.3, -0.25) is 4.90 Å². The van der Waals surface area contributed by atoms with E-state index in [-0.39, 0.29) is 5.82 Å². The van der Waals surface area contributed by atoms with E-state index in [9.17, 15) is 9.50 Å². The third-order valence-corrected chi connectivity index (χ3v) is 3.82. The quantitative estimate of drug-likeness (QED) is 0.920. The molecule has 1 aliphatic heterocycles. The van der Waals surface area contributed by atoms with Crippen molar-refractivity contribution >= 4 is 15.9 Å². The van der Waals surface area contributed by atoms with Crippen molar-refractivity contribution < 1.29 is 14.2 Å². The lowest BCUT2D eigenvalue weighted by Crippen LogP contribution is -2.45. The molecule has 3 nitrogen and oxygen atoms in total. The molecule has 1 aromatic carbocycles. The Bertz CT molecular complexity index is 415. The molecule has 1 N–H and O–H groups in total. The van der Waals surface area contributed by atoms with E-state index in [0.29, 0.717) is 39.1 Å². The Labute approximate surface area is 121 Å². The second-order valence-corrected chi connectivity index (χ2v) is 6.20. The van der Waals surface area contributed by atoms with Crippen LogP contribution in [0.15, 0.2) is 22.7 Å². The second kappa shape index (κ2) is 6.31. The monoisotopic (exact) mass is 331 g/mol. The summed E-state index contributed by atoms with van der Waals surface area (Å²) in [7, 11) is 1.94. The lowest BCUT2D eigenvalue weighted by Gasteiger charge is -2.35. The molecule has 1 saturated heterocycles. The fourth-order valence-electron chi connectivity index (χ4n) is 2.48. The van der Waals surface area contributed by atoms with Crippen LogP contribution in [0.1, 0.15) is 18.4 Å². The zero-order valence-electron chi connectivity index (χ0n) is 11.0. The minimum atomic E-state index is -0.683. The van der Waals surface area contributed by atoms with E-state index in [1.54, 1.807) is 0 Å². The summed E-state index contributed by atoms with van der Waals surface area (Å²) in [5.74, 6) is -0.248. The van der Waals surface area contributed by atoms with Crippen molar-refractivity contribution in [3.63, 3.8) is 0 Å². The maximum Gasteiger partial charge on any atom is 0.124 e. The lowest BCUT2D eigenvalue weighted by molar-refractivity contribution is -0.0777. The van der Waals surface area contributed by atoms with Gasteiger partial charge < -0.3 is 9.84 Å². The smallest absolute Gasteiger partial charge is 0.124 e. The Hall–Kier alpha value is -0.490. The number of likely N-dealkylation sites (N-methyl/N-ethyl adjacent to an activating group) is 1. The predicted molar refractivity (Wildman–Crippen MR) is 75.4 cm³/mol. The molecular weight excluding hydrogens is 313 g/mol. The van der Waals surface area contributed by atoms with Gasteiger partial charge in [0.2, 0.25) is 0 Å². The molecule has 19 heavy (non-hydrogen) atoms. The zero-order valence-corrected chi connectivity index (χ0v) is 12.6. The average molecular weight is 332 g/mol. The molecule has 0 unspecified atom stereocenters. The van der Waals surface area contributed by atoms with Crippen LogP contribution in [-0.2, 0) is 11.3 Å². The van der Waals surface area contributed by atoms with Crippen molar-refractivity contribution in [1.82, 2.24) is 4.90 Å². The minimum Gasteiger partial charge on any atom is -0.388 e. The molecule has 0 amide bonds. The highest BCUT2D eigenvalue weighted by molar-refractivity contribution is 9.10. The maximum absolute atomic E-state index is 13.3. The maximum atomic E-state index is 13.3. The van der Waals surface area contributed by atoms with Crippen LogP contribution in [0.2, 0.25) is 0 Å². The molecule has 0 saturated carbocycles. The van der Waals surface area contributed by atoms with Gasteiger partial charge in [0.05, 0.1) is 5.60 Å². The molecule has 1 heterocycles. The minimum absolute atomic E-state index is 0.248. The average Bonchev–Trinajstić information content (AvgIpc) is 2.27. The van der Waals surface area contributed by atoms with Crippen LogP contribution in [0.5, 0.6) is 0 Å². The van der Waals surface area contributed by atoms with E-state index in [0.717, 1.165) is 10.0 Å². The molecular formula is C14H19BrFNO2. The van der Waals surface area contributed by atoms with Crippen molar-refractivity contribution in [3.05, 3.63) is 34.1 Å². The third kappa shape index (κ3) is 4.53. The van der Waals surface area contributed by atoms with Crippen molar-refractivity contribution in [3.8, 4) is 0 Å². The molecule has 0 radical (unpaired) electrons. The highest BCUT2D eigenvalue weighted by atomic mass is 79.9. The topological polar surface area (TPSA) is 32.7 Å². The number of hydrogen-bond donors (Lipinski definition) is 1. The van der Waals surface area contributed by atoms with Crippen LogP contribution in [0.25, 0.3) is 0 Å². The van der Waals surface area contributed by atoms with Crippen LogP contribution >= 0.6 is 15.9 Å². The summed E-state index contributed by atoms with van der Waals surface area (Å²) in [5.41, 5.74) is 0.211. The van der Waals surface area contributed by atoms with Gasteiger partial charge in [-0.15, -0.1) is 0 Å². The van der Waals surface area contributed by atoms with Gasteiger partial charge in [-0.1, -0.05) is 15.9 Å². The summed E-state index contributed by atoms with van der Waals surface area (Å²) in [6.45, 7) is 2.40. The number of rotatable bonds is 4. The van der Waals surface area contributed by atoms with Gasteiger partial charge in [-0.25, -0.2) is 4.39 Å². The van der Waals surface area contributed by atoms with Gasteiger partial charge in [0, 0.05) is 43.6 Å². The standard InChI is InChI=1S/C14H19BrFNO2/c1-17(10-14(18)2-4-19-5-3-14)9-11-6-12(15)8-13(16)7-11/h6-8,18H,2-5,9-10H2,1H3. The molecule has 2 rings (SSSR count). The van der Waals surface area contributed by atoms with Gasteiger partial charge in [-0.2, -0.15) is 0 Å². The number of halogens is 2. The largest absolute Gasteiger partial charge is 0.388 e. The van der Waals surface area contributed by atoms with Crippen LogP contribution in [0.4, 0.5) is 4.39 Å². The fraction of sp³-hybridized carbons (Fsp3) is 0.571. The van der Waals surface area contributed by atoms with Gasteiger partial charge in [0.25, 0.3) is 0 Å².